The summed E-state index contributed by atoms with van der Waals surface area (Å²) < 4.78 is 39.7. The van der Waals surface area contributed by atoms with E-state index in [0.29, 0.717) is 5.56 Å². The van der Waals surface area contributed by atoms with Crippen LogP contribution in [0.4, 0.5) is 10.1 Å². The van der Waals surface area contributed by atoms with Gasteiger partial charge in [-0.2, -0.15) is 0 Å². The molecule has 0 fully saturated rings. The summed E-state index contributed by atoms with van der Waals surface area (Å²) >= 11 is 5.75. The predicted molar refractivity (Wildman–Crippen MR) is 82.1 cm³/mol. The Balaban J connectivity index is 2.27. The molecule has 0 unspecified atom stereocenters. The zero-order valence-corrected chi connectivity index (χ0v) is 13.0. The third-order valence-electron chi connectivity index (χ3n) is 2.81. The Bertz CT molecular complexity index is 807. The number of anilines is 1. The quantitative estimate of drug-likeness (QED) is 0.897. The molecule has 0 aromatic heterocycles. The van der Waals surface area contributed by atoms with Crippen molar-refractivity contribution in [3.8, 4) is 0 Å². The van der Waals surface area contributed by atoms with Gasteiger partial charge in [-0.1, -0.05) is 11.6 Å². The van der Waals surface area contributed by atoms with Gasteiger partial charge in [-0.05, 0) is 42.5 Å². The molecule has 1 amide bonds. The lowest BCUT2D eigenvalue weighted by Crippen LogP contribution is -2.18. The Morgan fingerprint density at radius 3 is 2.32 bits per heavy atom. The standard InChI is InChI=1S/C14H12ClFN2O3S/c1-17-14(19)9-2-5-11(6-3-9)18-22(20,21)13-7-4-10(16)8-12(13)15/h2-8,18H,1H3,(H,17,19). The van der Waals surface area contributed by atoms with Crippen LogP contribution in [0.25, 0.3) is 0 Å². The van der Waals surface area contributed by atoms with Crippen LogP contribution < -0.4 is 10.0 Å². The van der Waals surface area contributed by atoms with Crippen molar-refractivity contribution >= 4 is 33.2 Å². The number of rotatable bonds is 4. The molecule has 0 bridgehead atoms. The Kier molecular flexibility index (Phi) is 4.68. The van der Waals surface area contributed by atoms with Gasteiger partial charge in [0.1, 0.15) is 10.7 Å². The number of halogens is 2. The molecule has 0 atom stereocenters. The lowest BCUT2D eigenvalue weighted by atomic mass is 10.2. The molecule has 5 nitrogen and oxygen atoms in total. The molecule has 0 aliphatic carbocycles. The molecular formula is C14H12ClFN2O3S. The molecule has 2 aromatic carbocycles. The highest BCUT2D eigenvalue weighted by atomic mass is 35.5. The van der Waals surface area contributed by atoms with Crippen LogP contribution >= 0.6 is 11.6 Å². The second-order valence-corrected chi connectivity index (χ2v) is 6.39. The van der Waals surface area contributed by atoms with Gasteiger partial charge in [0.2, 0.25) is 0 Å². The van der Waals surface area contributed by atoms with E-state index in [1.165, 1.54) is 31.3 Å². The van der Waals surface area contributed by atoms with E-state index in [0.717, 1.165) is 18.2 Å². The van der Waals surface area contributed by atoms with Gasteiger partial charge in [-0.25, -0.2) is 12.8 Å². The van der Waals surface area contributed by atoms with E-state index in [2.05, 4.69) is 10.0 Å². The smallest absolute Gasteiger partial charge is 0.263 e. The monoisotopic (exact) mass is 342 g/mol. The number of carbonyl (C=O) groups excluding carboxylic acids is 1. The fourth-order valence-corrected chi connectivity index (χ4v) is 3.33. The summed E-state index contributed by atoms with van der Waals surface area (Å²) in [6, 6.07) is 8.85. The first-order chi connectivity index (χ1) is 10.3. The zero-order chi connectivity index (χ0) is 16.3. The van der Waals surface area contributed by atoms with Crippen molar-refractivity contribution in [2.75, 3.05) is 11.8 Å². The molecule has 116 valence electrons. The normalized spacial score (nSPS) is 11.0. The van der Waals surface area contributed by atoms with Gasteiger partial charge < -0.3 is 5.32 Å². The van der Waals surface area contributed by atoms with Gasteiger partial charge in [0.25, 0.3) is 15.9 Å². The first-order valence-corrected chi connectivity index (χ1v) is 7.99. The lowest BCUT2D eigenvalue weighted by Gasteiger charge is -2.10. The summed E-state index contributed by atoms with van der Waals surface area (Å²) in [6.07, 6.45) is 0. The van der Waals surface area contributed by atoms with Crippen molar-refractivity contribution in [1.29, 1.82) is 0 Å². The maximum absolute atomic E-state index is 13.0. The summed E-state index contributed by atoms with van der Waals surface area (Å²) in [6.45, 7) is 0. The largest absolute Gasteiger partial charge is 0.355 e. The maximum Gasteiger partial charge on any atom is 0.263 e. The van der Waals surface area contributed by atoms with E-state index in [-0.39, 0.29) is 21.5 Å². The minimum atomic E-state index is -3.95. The first-order valence-electron chi connectivity index (χ1n) is 6.13. The average molecular weight is 343 g/mol. The van der Waals surface area contributed by atoms with Gasteiger partial charge in [0.05, 0.1) is 5.02 Å². The Morgan fingerprint density at radius 2 is 1.77 bits per heavy atom. The summed E-state index contributed by atoms with van der Waals surface area (Å²) in [7, 11) is -2.45. The molecule has 0 saturated heterocycles. The van der Waals surface area contributed by atoms with E-state index in [1.54, 1.807) is 0 Å². The third-order valence-corrected chi connectivity index (χ3v) is 4.67. The van der Waals surface area contributed by atoms with Crippen LogP contribution in [-0.2, 0) is 10.0 Å². The SMILES string of the molecule is CNC(=O)c1ccc(NS(=O)(=O)c2ccc(F)cc2Cl)cc1. The van der Waals surface area contributed by atoms with Gasteiger partial charge >= 0.3 is 0 Å². The minimum Gasteiger partial charge on any atom is -0.355 e. The highest BCUT2D eigenvalue weighted by Crippen LogP contribution is 2.24. The number of hydrogen-bond donors (Lipinski definition) is 2. The van der Waals surface area contributed by atoms with Gasteiger partial charge in [-0.15, -0.1) is 0 Å². The Labute approximate surface area is 132 Å². The average Bonchev–Trinajstić information content (AvgIpc) is 2.46. The number of hydrogen-bond acceptors (Lipinski definition) is 3. The number of nitrogens with one attached hydrogen (secondary N) is 2. The van der Waals surface area contributed by atoms with Crippen LogP contribution in [0.3, 0.4) is 0 Å². The van der Waals surface area contributed by atoms with Crippen molar-refractivity contribution in [1.82, 2.24) is 5.32 Å². The van der Waals surface area contributed by atoms with Crippen molar-refractivity contribution in [3.63, 3.8) is 0 Å². The lowest BCUT2D eigenvalue weighted by molar-refractivity contribution is 0.0963. The molecule has 0 saturated carbocycles. The maximum atomic E-state index is 13.0. The highest BCUT2D eigenvalue weighted by molar-refractivity contribution is 7.92. The van der Waals surface area contributed by atoms with Crippen LogP contribution in [0.2, 0.25) is 5.02 Å². The highest BCUT2D eigenvalue weighted by Gasteiger charge is 2.18. The minimum absolute atomic E-state index is 0.213. The second-order valence-electron chi connectivity index (χ2n) is 4.34. The molecule has 0 radical (unpaired) electrons. The number of benzene rings is 2. The van der Waals surface area contributed by atoms with Crippen LogP contribution in [0.15, 0.2) is 47.4 Å². The topological polar surface area (TPSA) is 75.3 Å². The Hall–Kier alpha value is -2.12. The number of sulfonamides is 1. The van der Waals surface area contributed by atoms with Gasteiger partial charge in [-0.3, -0.25) is 9.52 Å². The van der Waals surface area contributed by atoms with Gasteiger partial charge in [0.15, 0.2) is 0 Å². The molecule has 8 heteroatoms. The molecule has 0 aliphatic heterocycles. The molecule has 2 N–H and O–H groups in total. The van der Waals surface area contributed by atoms with E-state index in [9.17, 15) is 17.6 Å². The summed E-state index contributed by atoms with van der Waals surface area (Å²) in [4.78, 5) is 11.2. The van der Waals surface area contributed by atoms with Crippen molar-refractivity contribution in [2.24, 2.45) is 0 Å². The first kappa shape index (κ1) is 16.3. The molecule has 0 spiro atoms. The van der Waals surface area contributed by atoms with E-state index < -0.39 is 15.8 Å². The summed E-state index contributed by atoms with van der Waals surface area (Å²) in [5, 5.41) is 2.24. The summed E-state index contributed by atoms with van der Waals surface area (Å²) in [5.74, 6) is -0.908. The van der Waals surface area contributed by atoms with E-state index in [1.807, 2.05) is 0 Å². The Morgan fingerprint density at radius 1 is 1.14 bits per heavy atom. The summed E-state index contributed by atoms with van der Waals surface area (Å²) in [5.41, 5.74) is 0.651. The fraction of sp³-hybridized carbons (Fsp3) is 0.0714. The fourth-order valence-electron chi connectivity index (χ4n) is 1.74. The molecule has 2 rings (SSSR count). The zero-order valence-electron chi connectivity index (χ0n) is 11.4. The van der Waals surface area contributed by atoms with Crippen LogP contribution in [0, 0.1) is 5.82 Å². The van der Waals surface area contributed by atoms with Crippen molar-refractivity contribution < 1.29 is 17.6 Å². The van der Waals surface area contributed by atoms with Crippen LogP contribution in [0.5, 0.6) is 0 Å². The van der Waals surface area contributed by atoms with Crippen molar-refractivity contribution in [3.05, 3.63) is 58.9 Å². The molecule has 22 heavy (non-hydrogen) atoms. The van der Waals surface area contributed by atoms with E-state index in [4.69, 9.17) is 11.6 Å². The second kappa shape index (κ2) is 6.33. The molecule has 2 aromatic rings. The van der Waals surface area contributed by atoms with E-state index >= 15 is 0 Å². The molecule has 0 heterocycles. The van der Waals surface area contributed by atoms with Crippen LogP contribution in [-0.4, -0.2) is 21.4 Å². The molecule has 0 aliphatic rings. The van der Waals surface area contributed by atoms with Crippen molar-refractivity contribution in [2.45, 2.75) is 4.90 Å². The predicted octanol–water partition coefficient (Wildman–Crippen LogP) is 2.64. The number of carbonyl (C=O) groups is 1. The van der Waals surface area contributed by atoms with Crippen LogP contribution in [0.1, 0.15) is 10.4 Å². The molecular weight excluding hydrogens is 331 g/mol. The van der Waals surface area contributed by atoms with Gasteiger partial charge in [0, 0.05) is 18.3 Å². The third kappa shape index (κ3) is 3.55. The number of amides is 1.